The van der Waals surface area contributed by atoms with Crippen LogP contribution in [0.2, 0.25) is 0 Å². The van der Waals surface area contributed by atoms with Crippen LogP contribution in [0.25, 0.3) is 10.9 Å². The van der Waals surface area contributed by atoms with E-state index < -0.39 is 11.7 Å². The summed E-state index contributed by atoms with van der Waals surface area (Å²) in [4.78, 5) is 42.3. The SMILES string of the molecule is O=C(NCCCN1CCCCC1)C(=O)c1cn(CC(=O)N2CCOCC2)c2ccccc12. The number of fused-ring (bicyclic) bond motifs is 1. The molecular weight excluding hydrogens is 408 g/mol. The molecule has 172 valence electrons. The van der Waals surface area contributed by atoms with E-state index in [0.29, 0.717) is 43.8 Å². The minimum atomic E-state index is -0.592. The van der Waals surface area contributed by atoms with Gasteiger partial charge >= 0.3 is 0 Å². The van der Waals surface area contributed by atoms with Crippen LogP contribution in [-0.4, -0.2) is 84.4 Å². The number of carbonyl (C=O) groups excluding carboxylic acids is 3. The zero-order valence-electron chi connectivity index (χ0n) is 18.6. The molecule has 2 fully saturated rings. The van der Waals surface area contributed by atoms with Crippen LogP contribution in [0.4, 0.5) is 0 Å². The zero-order chi connectivity index (χ0) is 22.3. The van der Waals surface area contributed by atoms with Gasteiger partial charge < -0.3 is 24.4 Å². The summed E-state index contributed by atoms with van der Waals surface area (Å²) in [5.41, 5.74) is 1.11. The fourth-order valence-corrected chi connectivity index (χ4v) is 4.51. The molecule has 4 rings (SSSR count). The summed E-state index contributed by atoms with van der Waals surface area (Å²) < 4.78 is 7.08. The Balaban J connectivity index is 1.38. The Morgan fingerprint density at radius 3 is 2.50 bits per heavy atom. The van der Waals surface area contributed by atoms with Crippen molar-refractivity contribution in [3.05, 3.63) is 36.0 Å². The molecule has 0 saturated carbocycles. The van der Waals surface area contributed by atoms with Crippen molar-refractivity contribution in [2.75, 3.05) is 52.5 Å². The third-order valence-corrected chi connectivity index (χ3v) is 6.29. The van der Waals surface area contributed by atoms with E-state index in [1.165, 1.54) is 19.3 Å². The van der Waals surface area contributed by atoms with Crippen LogP contribution in [-0.2, 0) is 20.9 Å². The Morgan fingerprint density at radius 2 is 1.72 bits per heavy atom. The van der Waals surface area contributed by atoms with E-state index in [4.69, 9.17) is 4.74 Å². The lowest BCUT2D eigenvalue weighted by Gasteiger charge is -2.27. The predicted octanol–water partition coefficient (Wildman–Crippen LogP) is 1.68. The van der Waals surface area contributed by atoms with Gasteiger partial charge in [0.1, 0.15) is 6.54 Å². The molecule has 1 N–H and O–H groups in total. The fraction of sp³-hybridized carbons (Fsp3) is 0.542. The molecule has 2 amide bonds. The molecule has 0 radical (unpaired) electrons. The molecule has 0 unspecified atom stereocenters. The first-order valence-electron chi connectivity index (χ1n) is 11.6. The van der Waals surface area contributed by atoms with E-state index >= 15 is 0 Å². The summed E-state index contributed by atoms with van der Waals surface area (Å²) in [5.74, 6) is -1.17. The first-order chi connectivity index (χ1) is 15.6. The van der Waals surface area contributed by atoms with Crippen LogP contribution < -0.4 is 5.32 Å². The van der Waals surface area contributed by atoms with Crippen LogP contribution in [0.5, 0.6) is 0 Å². The van der Waals surface area contributed by atoms with E-state index in [1.807, 2.05) is 24.3 Å². The smallest absolute Gasteiger partial charge is 0.292 e. The van der Waals surface area contributed by atoms with Crippen LogP contribution in [0, 0.1) is 0 Å². The standard InChI is InChI=1S/C24H32N4O4/c29-22(27-13-15-32-16-14-27)18-28-17-20(19-7-2-3-8-21(19)28)23(30)24(31)25-9-6-12-26-10-4-1-5-11-26/h2-3,7-8,17H,1,4-6,9-16,18H2,(H,25,31). The molecule has 8 nitrogen and oxygen atoms in total. The molecule has 3 heterocycles. The molecule has 2 aromatic rings. The molecule has 32 heavy (non-hydrogen) atoms. The number of para-hydroxylation sites is 1. The third kappa shape index (κ3) is 5.37. The van der Waals surface area contributed by atoms with Gasteiger partial charge in [-0.25, -0.2) is 0 Å². The Labute approximate surface area is 188 Å². The molecule has 0 bridgehead atoms. The number of benzene rings is 1. The Morgan fingerprint density at radius 1 is 0.969 bits per heavy atom. The van der Waals surface area contributed by atoms with Crippen molar-refractivity contribution in [3.8, 4) is 0 Å². The number of piperidine rings is 1. The number of Topliss-reactive ketones (excluding diaryl/α,β-unsaturated/α-hetero) is 1. The Kier molecular flexibility index (Phi) is 7.55. The number of likely N-dealkylation sites (tertiary alicyclic amines) is 1. The van der Waals surface area contributed by atoms with Crippen molar-refractivity contribution in [3.63, 3.8) is 0 Å². The minimum absolute atomic E-state index is 0.0183. The van der Waals surface area contributed by atoms with Gasteiger partial charge in [-0.15, -0.1) is 0 Å². The average molecular weight is 441 g/mol. The minimum Gasteiger partial charge on any atom is -0.378 e. The number of morpholine rings is 1. The van der Waals surface area contributed by atoms with Gasteiger partial charge in [-0.1, -0.05) is 24.6 Å². The van der Waals surface area contributed by atoms with E-state index in [9.17, 15) is 14.4 Å². The number of nitrogens with zero attached hydrogens (tertiary/aromatic N) is 3. The lowest BCUT2D eigenvalue weighted by atomic mass is 10.1. The molecule has 2 aliphatic rings. The zero-order valence-corrected chi connectivity index (χ0v) is 18.6. The predicted molar refractivity (Wildman–Crippen MR) is 122 cm³/mol. The average Bonchev–Trinajstić information content (AvgIpc) is 3.20. The first kappa shape index (κ1) is 22.5. The Hall–Kier alpha value is -2.71. The topological polar surface area (TPSA) is 83.9 Å². The van der Waals surface area contributed by atoms with Gasteiger partial charge in [0.15, 0.2) is 0 Å². The Bertz CT molecular complexity index is 958. The quantitative estimate of drug-likeness (QED) is 0.384. The largest absolute Gasteiger partial charge is 0.378 e. The highest BCUT2D eigenvalue weighted by atomic mass is 16.5. The fourth-order valence-electron chi connectivity index (χ4n) is 4.51. The number of carbonyl (C=O) groups is 3. The number of ether oxygens (including phenoxy) is 1. The van der Waals surface area contributed by atoms with E-state index in [0.717, 1.165) is 31.6 Å². The van der Waals surface area contributed by atoms with Crippen LogP contribution in [0.1, 0.15) is 36.0 Å². The number of amides is 2. The number of hydrogen-bond donors (Lipinski definition) is 1. The highest BCUT2D eigenvalue weighted by Crippen LogP contribution is 2.22. The van der Waals surface area contributed by atoms with Crippen LogP contribution >= 0.6 is 0 Å². The monoisotopic (exact) mass is 440 g/mol. The summed E-state index contributed by atoms with van der Waals surface area (Å²) >= 11 is 0. The van der Waals surface area contributed by atoms with E-state index in [2.05, 4.69) is 10.2 Å². The number of aromatic nitrogens is 1. The molecule has 0 atom stereocenters. The third-order valence-electron chi connectivity index (χ3n) is 6.29. The second-order valence-corrected chi connectivity index (χ2v) is 8.52. The molecule has 2 saturated heterocycles. The van der Waals surface area contributed by atoms with Crippen LogP contribution in [0.15, 0.2) is 30.5 Å². The van der Waals surface area contributed by atoms with Crippen molar-refractivity contribution < 1.29 is 19.1 Å². The maximum atomic E-state index is 12.9. The molecule has 0 spiro atoms. The van der Waals surface area contributed by atoms with Crippen molar-refractivity contribution in [1.29, 1.82) is 0 Å². The van der Waals surface area contributed by atoms with Gasteiger partial charge in [0.2, 0.25) is 5.91 Å². The summed E-state index contributed by atoms with van der Waals surface area (Å²) in [6.07, 6.45) is 6.24. The number of nitrogens with one attached hydrogen (secondary N) is 1. The molecule has 2 aliphatic heterocycles. The number of ketones is 1. The lowest BCUT2D eigenvalue weighted by molar-refractivity contribution is -0.135. The second kappa shape index (κ2) is 10.7. The number of rotatable bonds is 8. The van der Waals surface area contributed by atoms with Crippen LogP contribution in [0.3, 0.4) is 0 Å². The van der Waals surface area contributed by atoms with Gasteiger partial charge in [-0.05, 0) is 45.0 Å². The van der Waals surface area contributed by atoms with Crippen molar-refractivity contribution in [2.24, 2.45) is 0 Å². The normalized spacial score (nSPS) is 17.4. The second-order valence-electron chi connectivity index (χ2n) is 8.52. The molecule has 1 aromatic heterocycles. The molecular formula is C24H32N4O4. The highest BCUT2D eigenvalue weighted by molar-refractivity contribution is 6.45. The van der Waals surface area contributed by atoms with E-state index in [1.54, 1.807) is 15.7 Å². The summed E-state index contributed by atoms with van der Waals surface area (Å²) in [6, 6.07) is 7.40. The molecule has 8 heteroatoms. The van der Waals surface area contributed by atoms with Gasteiger partial charge in [0.05, 0.1) is 18.8 Å². The summed E-state index contributed by atoms with van der Waals surface area (Å²) in [6.45, 7) is 6.02. The molecule has 0 aliphatic carbocycles. The van der Waals surface area contributed by atoms with Gasteiger partial charge in [-0.3, -0.25) is 14.4 Å². The maximum Gasteiger partial charge on any atom is 0.292 e. The number of hydrogen-bond acceptors (Lipinski definition) is 5. The summed E-state index contributed by atoms with van der Waals surface area (Å²) in [7, 11) is 0. The van der Waals surface area contributed by atoms with E-state index in [-0.39, 0.29) is 12.5 Å². The highest BCUT2D eigenvalue weighted by Gasteiger charge is 2.23. The first-order valence-corrected chi connectivity index (χ1v) is 11.6. The van der Waals surface area contributed by atoms with Crippen molar-refractivity contribution >= 4 is 28.5 Å². The lowest BCUT2D eigenvalue weighted by Crippen LogP contribution is -2.42. The maximum absolute atomic E-state index is 12.9. The van der Waals surface area contributed by atoms with Gasteiger partial charge in [0.25, 0.3) is 11.7 Å². The molecule has 1 aromatic carbocycles. The van der Waals surface area contributed by atoms with Gasteiger partial charge in [0, 0.05) is 36.7 Å². The van der Waals surface area contributed by atoms with Crippen molar-refractivity contribution in [1.82, 2.24) is 19.7 Å². The van der Waals surface area contributed by atoms with Crippen molar-refractivity contribution in [2.45, 2.75) is 32.2 Å². The summed E-state index contributed by atoms with van der Waals surface area (Å²) in [5, 5.41) is 3.46. The van der Waals surface area contributed by atoms with Gasteiger partial charge in [-0.2, -0.15) is 0 Å².